The first-order chi connectivity index (χ1) is 9.40. The smallest absolute Gasteiger partial charge is 0.242 e. The quantitative estimate of drug-likeness (QED) is 0.887. The molecule has 2 aromatic rings. The standard InChI is InChI=1S/C13H14ClNO4S/c1-9-4-5-13(10(14)7-9)20(17,18)15-8-11(16)12-3-2-6-19-12/h2-7,11,15-16H,8H2,1H3. The summed E-state index contributed by atoms with van der Waals surface area (Å²) in [5.41, 5.74) is 0.865. The zero-order valence-electron chi connectivity index (χ0n) is 10.7. The molecule has 2 N–H and O–H groups in total. The average Bonchev–Trinajstić information content (AvgIpc) is 2.89. The Morgan fingerprint density at radius 1 is 1.40 bits per heavy atom. The number of furan rings is 1. The minimum Gasteiger partial charge on any atom is -0.467 e. The predicted molar refractivity (Wildman–Crippen MR) is 75.0 cm³/mol. The summed E-state index contributed by atoms with van der Waals surface area (Å²) in [6, 6.07) is 7.84. The second kappa shape index (κ2) is 5.97. The van der Waals surface area contributed by atoms with E-state index in [0.29, 0.717) is 5.76 Å². The zero-order chi connectivity index (χ0) is 14.8. The van der Waals surface area contributed by atoms with Crippen molar-refractivity contribution in [2.24, 2.45) is 0 Å². The molecular formula is C13H14ClNO4S. The minimum absolute atomic E-state index is 0.0172. The molecule has 1 aromatic carbocycles. The van der Waals surface area contributed by atoms with Crippen molar-refractivity contribution in [3.05, 3.63) is 52.9 Å². The number of aliphatic hydroxyl groups is 1. The summed E-state index contributed by atoms with van der Waals surface area (Å²) in [6.45, 7) is 1.62. The van der Waals surface area contributed by atoms with Gasteiger partial charge >= 0.3 is 0 Å². The third kappa shape index (κ3) is 3.40. The van der Waals surface area contributed by atoms with Gasteiger partial charge in [-0.05, 0) is 36.8 Å². The summed E-state index contributed by atoms with van der Waals surface area (Å²) < 4.78 is 31.5. The Labute approximate surface area is 122 Å². The van der Waals surface area contributed by atoms with E-state index in [1.165, 1.54) is 12.3 Å². The van der Waals surface area contributed by atoms with Crippen molar-refractivity contribution in [2.75, 3.05) is 6.54 Å². The third-order valence-corrected chi connectivity index (χ3v) is 4.62. The number of sulfonamides is 1. The molecule has 0 spiro atoms. The molecule has 0 amide bonds. The van der Waals surface area contributed by atoms with Crippen LogP contribution in [0.4, 0.5) is 0 Å². The van der Waals surface area contributed by atoms with Crippen LogP contribution in [-0.4, -0.2) is 20.1 Å². The number of benzene rings is 1. The molecule has 0 saturated heterocycles. The Bertz CT molecular complexity index is 682. The maximum Gasteiger partial charge on any atom is 0.242 e. The molecule has 20 heavy (non-hydrogen) atoms. The number of hydrogen-bond acceptors (Lipinski definition) is 4. The molecule has 1 aromatic heterocycles. The first kappa shape index (κ1) is 15.1. The van der Waals surface area contributed by atoms with Gasteiger partial charge in [0.15, 0.2) is 0 Å². The van der Waals surface area contributed by atoms with Crippen LogP contribution >= 0.6 is 11.6 Å². The monoisotopic (exact) mass is 315 g/mol. The number of aliphatic hydroxyl groups excluding tert-OH is 1. The van der Waals surface area contributed by atoms with Gasteiger partial charge in [-0.3, -0.25) is 0 Å². The minimum atomic E-state index is -3.78. The van der Waals surface area contributed by atoms with E-state index in [-0.39, 0.29) is 16.5 Å². The van der Waals surface area contributed by atoms with Crippen LogP contribution in [0.1, 0.15) is 17.4 Å². The molecule has 0 aliphatic heterocycles. The highest BCUT2D eigenvalue weighted by Gasteiger charge is 2.20. The normalized spacial score (nSPS) is 13.3. The van der Waals surface area contributed by atoms with E-state index < -0.39 is 16.1 Å². The molecule has 0 aliphatic rings. The van der Waals surface area contributed by atoms with E-state index in [1.54, 1.807) is 24.3 Å². The van der Waals surface area contributed by atoms with Crippen molar-refractivity contribution in [1.29, 1.82) is 0 Å². The van der Waals surface area contributed by atoms with Crippen LogP contribution in [0.3, 0.4) is 0 Å². The van der Waals surface area contributed by atoms with Crippen molar-refractivity contribution in [3.63, 3.8) is 0 Å². The maximum atomic E-state index is 12.1. The van der Waals surface area contributed by atoms with Gasteiger partial charge in [-0.2, -0.15) is 0 Å². The molecule has 2 rings (SSSR count). The lowest BCUT2D eigenvalue weighted by Crippen LogP contribution is -2.28. The van der Waals surface area contributed by atoms with E-state index in [2.05, 4.69) is 4.72 Å². The van der Waals surface area contributed by atoms with Gasteiger partial charge in [-0.25, -0.2) is 13.1 Å². The largest absolute Gasteiger partial charge is 0.467 e. The summed E-state index contributed by atoms with van der Waals surface area (Å²) >= 11 is 5.93. The summed E-state index contributed by atoms with van der Waals surface area (Å²) in [4.78, 5) is -0.0172. The fraction of sp³-hybridized carbons (Fsp3) is 0.231. The van der Waals surface area contributed by atoms with E-state index in [0.717, 1.165) is 5.56 Å². The summed E-state index contributed by atoms with van der Waals surface area (Å²) in [7, 11) is -3.78. The Morgan fingerprint density at radius 2 is 2.15 bits per heavy atom. The van der Waals surface area contributed by atoms with E-state index in [9.17, 15) is 13.5 Å². The van der Waals surface area contributed by atoms with Gasteiger partial charge in [0, 0.05) is 6.54 Å². The molecule has 0 fully saturated rings. The number of nitrogens with one attached hydrogen (secondary N) is 1. The molecular weight excluding hydrogens is 302 g/mol. The fourth-order valence-corrected chi connectivity index (χ4v) is 3.31. The fourth-order valence-electron chi connectivity index (χ4n) is 1.67. The van der Waals surface area contributed by atoms with Crippen molar-refractivity contribution >= 4 is 21.6 Å². The van der Waals surface area contributed by atoms with Gasteiger partial charge in [-0.15, -0.1) is 0 Å². The van der Waals surface area contributed by atoms with Crippen LogP contribution in [0.25, 0.3) is 0 Å². The van der Waals surface area contributed by atoms with Crippen LogP contribution in [-0.2, 0) is 10.0 Å². The molecule has 0 bridgehead atoms. The summed E-state index contributed by atoms with van der Waals surface area (Å²) in [5, 5.41) is 9.92. The lowest BCUT2D eigenvalue weighted by atomic mass is 10.2. The number of hydrogen-bond donors (Lipinski definition) is 2. The molecule has 1 atom stereocenters. The topological polar surface area (TPSA) is 79.5 Å². The highest BCUT2D eigenvalue weighted by molar-refractivity contribution is 7.89. The maximum absolute atomic E-state index is 12.1. The van der Waals surface area contributed by atoms with Crippen molar-refractivity contribution in [2.45, 2.75) is 17.9 Å². The molecule has 7 heteroatoms. The zero-order valence-corrected chi connectivity index (χ0v) is 12.3. The van der Waals surface area contributed by atoms with Gasteiger partial charge < -0.3 is 9.52 Å². The van der Waals surface area contributed by atoms with E-state index in [4.69, 9.17) is 16.0 Å². The predicted octanol–water partition coefficient (Wildman–Crippen LogP) is 2.25. The Hall–Kier alpha value is -1.34. The van der Waals surface area contributed by atoms with Gasteiger partial charge in [0.1, 0.15) is 16.8 Å². The molecule has 1 unspecified atom stereocenters. The lowest BCUT2D eigenvalue weighted by Gasteiger charge is -2.11. The summed E-state index contributed by atoms with van der Waals surface area (Å²) in [5.74, 6) is 0.294. The Morgan fingerprint density at radius 3 is 2.75 bits per heavy atom. The molecule has 5 nitrogen and oxygen atoms in total. The van der Waals surface area contributed by atoms with Gasteiger partial charge in [0.05, 0.1) is 11.3 Å². The molecule has 0 saturated carbocycles. The number of rotatable bonds is 5. The third-order valence-electron chi connectivity index (χ3n) is 2.72. The molecule has 0 aliphatic carbocycles. The van der Waals surface area contributed by atoms with E-state index >= 15 is 0 Å². The molecule has 1 heterocycles. The second-order valence-electron chi connectivity index (χ2n) is 4.32. The molecule has 108 valence electrons. The van der Waals surface area contributed by atoms with Crippen LogP contribution in [0.5, 0.6) is 0 Å². The second-order valence-corrected chi connectivity index (χ2v) is 6.46. The number of aryl methyl sites for hydroxylation is 1. The first-order valence-corrected chi connectivity index (χ1v) is 7.73. The highest BCUT2D eigenvalue weighted by Crippen LogP contribution is 2.22. The average molecular weight is 316 g/mol. The number of halogens is 1. The van der Waals surface area contributed by atoms with Gasteiger partial charge in [0.2, 0.25) is 10.0 Å². The van der Waals surface area contributed by atoms with Crippen molar-refractivity contribution in [1.82, 2.24) is 4.72 Å². The molecule has 0 radical (unpaired) electrons. The van der Waals surface area contributed by atoms with E-state index in [1.807, 2.05) is 6.92 Å². The Kier molecular flexibility index (Phi) is 4.49. The van der Waals surface area contributed by atoms with Crippen molar-refractivity contribution in [3.8, 4) is 0 Å². The Balaban J connectivity index is 2.11. The van der Waals surface area contributed by atoms with Crippen LogP contribution in [0.2, 0.25) is 5.02 Å². The van der Waals surface area contributed by atoms with Crippen molar-refractivity contribution < 1.29 is 17.9 Å². The van der Waals surface area contributed by atoms with Crippen LogP contribution in [0.15, 0.2) is 45.9 Å². The van der Waals surface area contributed by atoms with Crippen LogP contribution in [0, 0.1) is 6.92 Å². The first-order valence-electron chi connectivity index (χ1n) is 5.87. The van der Waals surface area contributed by atoms with Gasteiger partial charge in [0.25, 0.3) is 0 Å². The summed E-state index contributed by atoms with van der Waals surface area (Å²) in [6.07, 6.45) is 0.355. The SMILES string of the molecule is Cc1ccc(S(=O)(=O)NCC(O)c2ccco2)c(Cl)c1. The highest BCUT2D eigenvalue weighted by atomic mass is 35.5. The van der Waals surface area contributed by atoms with Crippen LogP contribution < -0.4 is 4.72 Å². The lowest BCUT2D eigenvalue weighted by molar-refractivity contribution is 0.154. The van der Waals surface area contributed by atoms with Gasteiger partial charge in [-0.1, -0.05) is 17.7 Å².